The van der Waals surface area contributed by atoms with E-state index in [1.165, 1.54) is 20.3 Å². The van der Waals surface area contributed by atoms with Crippen molar-refractivity contribution < 1.29 is 19.1 Å². The molecule has 2 N–H and O–H groups in total. The fourth-order valence-corrected chi connectivity index (χ4v) is 1.04. The quantitative estimate of drug-likeness (QED) is 0.718. The molecule has 1 aromatic carbocycles. The minimum absolute atomic E-state index is 0.0173. The minimum Gasteiger partial charge on any atom is -0.504 e. The fourth-order valence-electron chi connectivity index (χ4n) is 1.04. The predicted octanol–water partition coefficient (Wildman–Crippen LogP) is 1.19. The molecule has 0 radical (unpaired) electrons. The number of benzene rings is 1. The number of aromatic hydroxyl groups is 1. The van der Waals surface area contributed by atoms with Gasteiger partial charge in [0.25, 0.3) is 0 Å². The van der Waals surface area contributed by atoms with E-state index in [1.54, 1.807) is 6.07 Å². The second-order valence-electron chi connectivity index (χ2n) is 2.61. The van der Waals surface area contributed by atoms with Gasteiger partial charge in [-0.15, -0.1) is 0 Å². The molecule has 0 saturated carbocycles. The van der Waals surface area contributed by atoms with E-state index < -0.39 is 11.6 Å². The van der Waals surface area contributed by atoms with Crippen LogP contribution in [0.1, 0.15) is 5.56 Å². The standard InChI is InChI=1S/C9H12FNO3/c1-13-7-4-3-6(5-11-14-2)9(12)8(7)10/h3-4,11-12H,5H2,1-2H3. The molecule has 0 aromatic heterocycles. The van der Waals surface area contributed by atoms with E-state index in [4.69, 9.17) is 4.74 Å². The number of ether oxygens (including phenoxy) is 1. The molecule has 0 fully saturated rings. The molecule has 0 heterocycles. The van der Waals surface area contributed by atoms with E-state index in [0.717, 1.165) is 0 Å². The van der Waals surface area contributed by atoms with Gasteiger partial charge in [0, 0.05) is 12.1 Å². The summed E-state index contributed by atoms with van der Waals surface area (Å²) < 4.78 is 17.9. The van der Waals surface area contributed by atoms with Crippen LogP contribution in [-0.2, 0) is 11.4 Å². The Morgan fingerprint density at radius 1 is 1.43 bits per heavy atom. The maximum absolute atomic E-state index is 13.2. The number of nitrogens with one attached hydrogen (secondary N) is 1. The minimum atomic E-state index is -0.761. The van der Waals surface area contributed by atoms with Crippen LogP contribution in [0.4, 0.5) is 4.39 Å². The van der Waals surface area contributed by atoms with Crippen molar-refractivity contribution in [2.45, 2.75) is 6.54 Å². The van der Waals surface area contributed by atoms with Crippen LogP contribution in [0.5, 0.6) is 11.5 Å². The number of phenols is 1. The topological polar surface area (TPSA) is 50.7 Å². The van der Waals surface area contributed by atoms with Gasteiger partial charge in [-0.25, -0.2) is 0 Å². The third kappa shape index (κ3) is 2.12. The van der Waals surface area contributed by atoms with E-state index in [-0.39, 0.29) is 12.3 Å². The van der Waals surface area contributed by atoms with Crippen LogP contribution in [0, 0.1) is 5.82 Å². The average Bonchev–Trinajstić information content (AvgIpc) is 2.20. The fraction of sp³-hybridized carbons (Fsp3) is 0.333. The molecule has 0 amide bonds. The summed E-state index contributed by atoms with van der Waals surface area (Å²) in [5.74, 6) is -1.17. The summed E-state index contributed by atoms with van der Waals surface area (Å²) in [4.78, 5) is 4.58. The number of rotatable bonds is 4. The highest BCUT2D eigenvalue weighted by Crippen LogP contribution is 2.28. The molecule has 0 spiro atoms. The summed E-state index contributed by atoms with van der Waals surface area (Å²) in [5, 5.41) is 9.39. The van der Waals surface area contributed by atoms with Crippen LogP contribution in [-0.4, -0.2) is 19.3 Å². The Morgan fingerprint density at radius 2 is 2.14 bits per heavy atom. The summed E-state index contributed by atoms with van der Waals surface area (Å²) in [6, 6.07) is 3.00. The molecule has 1 rings (SSSR count). The zero-order valence-electron chi connectivity index (χ0n) is 8.00. The number of methoxy groups -OCH3 is 1. The van der Waals surface area contributed by atoms with Crippen molar-refractivity contribution in [3.63, 3.8) is 0 Å². The van der Waals surface area contributed by atoms with Gasteiger partial charge in [0.05, 0.1) is 14.2 Å². The smallest absolute Gasteiger partial charge is 0.206 e. The Bertz CT molecular complexity index is 317. The van der Waals surface area contributed by atoms with Crippen LogP contribution in [0.3, 0.4) is 0 Å². The average molecular weight is 201 g/mol. The zero-order valence-corrected chi connectivity index (χ0v) is 8.00. The number of phenolic OH excluding ortho intramolecular Hbond substituents is 1. The van der Waals surface area contributed by atoms with Gasteiger partial charge in [-0.1, -0.05) is 6.07 Å². The summed E-state index contributed by atoms with van der Waals surface area (Å²) in [7, 11) is 2.78. The molecule has 78 valence electrons. The predicted molar refractivity (Wildman–Crippen MR) is 48.5 cm³/mol. The summed E-state index contributed by atoms with van der Waals surface area (Å²) >= 11 is 0. The first-order chi connectivity index (χ1) is 6.70. The highest BCUT2D eigenvalue weighted by Gasteiger charge is 2.12. The first-order valence-electron chi connectivity index (χ1n) is 4.01. The summed E-state index contributed by atoms with van der Waals surface area (Å²) in [6.45, 7) is 0.225. The van der Waals surface area contributed by atoms with Gasteiger partial charge < -0.3 is 14.7 Å². The second kappa shape index (κ2) is 4.78. The molecular formula is C9H12FNO3. The largest absolute Gasteiger partial charge is 0.504 e. The van der Waals surface area contributed by atoms with Gasteiger partial charge in [-0.2, -0.15) is 9.87 Å². The monoisotopic (exact) mass is 201 g/mol. The highest BCUT2D eigenvalue weighted by molar-refractivity contribution is 5.41. The van der Waals surface area contributed by atoms with Gasteiger partial charge in [-0.3, -0.25) is 0 Å². The number of hydrogen-bond donors (Lipinski definition) is 2. The molecular weight excluding hydrogens is 189 g/mol. The lowest BCUT2D eigenvalue weighted by Crippen LogP contribution is -2.11. The normalized spacial score (nSPS) is 10.2. The molecule has 14 heavy (non-hydrogen) atoms. The number of hydroxylamine groups is 1. The maximum Gasteiger partial charge on any atom is 0.206 e. The summed E-state index contributed by atoms with van der Waals surface area (Å²) in [6.07, 6.45) is 0. The van der Waals surface area contributed by atoms with Crippen LogP contribution in [0.25, 0.3) is 0 Å². The van der Waals surface area contributed by atoms with E-state index in [0.29, 0.717) is 5.56 Å². The molecule has 0 saturated heterocycles. The Morgan fingerprint density at radius 3 is 2.71 bits per heavy atom. The maximum atomic E-state index is 13.2. The third-order valence-corrected chi connectivity index (χ3v) is 1.79. The van der Waals surface area contributed by atoms with Crippen molar-refractivity contribution in [3.8, 4) is 11.5 Å². The Balaban J connectivity index is 2.92. The van der Waals surface area contributed by atoms with E-state index in [2.05, 4.69) is 10.3 Å². The molecule has 0 atom stereocenters. The van der Waals surface area contributed by atoms with Crippen LogP contribution in [0.15, 0.2) is 12.1 Å². The SMILES string of the molecule is CONCc1ccc(OC)c(F)c1O. The lowest BCUT2D eigenvalue weighted by molar-refractivity contribution is 0.0860. The van der Waals surface area contributed by atoms with Crippen molar-refractivity contribution in [2.75, 3.05) is 14.2 Å². The lowest BCUT2D eigenvalue weighted by Gasteiger charge is -2.08. The van der Waals surface area contributed by atoms with Crippen molar-refractivity contribution in [1.29, 1.82) is 0 Å². The first-order valence-corrected chi connectivity index (χ1v) is 4.01. The Kier molecular flexibility index (Phi) is 3.67. The highest BCUT2D eigenvalue weighted by atomic mass is 19.1. The molecule has 0 unspecified atom stereocenters. The molecule has 0 aliphatic rings. The van der Waals surface area contributed by atoms with Crippen molar-refractivity contribution in [2.24, 2.45) is 0 Å². The van der Waals surface area contributed by atoms with Gasteiger partial charge in [0.1, 0.15) is 0 Å². The molecule has 1 aromatic rings. The van der Waals surface area contributed by atoms with Gasteiger partial charge in [0.15, 0.2) is 11.5 Å². The van der Waals surface area contributed by atoms with E-state index in [9.17, 15) is 9.50 Å². The Labute approximate surface area is 81.2 Å². The van der Waals surface area contributed by atoms with Crippen molar-refractivity contribution >= 4 is 0 Å². The van der Waals surface area contributed by atoms with Gasteiger partial charge >= 0.3 is 0 Å². The molecule has 0 aliphatic carbocycles. The van der Waals surface area contributed by atoms with Crippen molar-refractivity contribution in [3.05, 3.63) is 23.5 Å². The molecule has 0 aliphatic heterocycles. The zero-order chi connectivity index (χ0) is 10.6. The lowest BCUT2D eigenvalue weighted by atomic mass is 10.2. The van der Waals surface area contributed by atoms with Crippen LogP contribution < -0.4 is 10.2 Å². The van der Waals surface area contributed by atoms with Crippen LogP contribution in [0.2, 0.25) is 0 Å². The van der Waals surface area contributed by atoms with Crippen LogP contribution >= 0.6 is 0 Å². The van der Waals surface area contributed by atoms with E-state index in [1.807, 2.05) is 0 Å². The number of hydrogen-bond acceptors (Lipinski definition) is 4. The van der Waals surface area contributed by atoms with E-state index >= 15 is 0 Å². The van der Waals surface area contributed by atoms with Gasteiger partial charge in [0.2, 0.25) is 5.82 Å². The second-order valence-corrected chi connectivity index (χ2v) is 2.61. The number of halogens is 1. The summed E-state index contributed by atoms with van der Waals surface area (Å²) in [5.41, 5.74) is 2.91. The molecule has 5 heteroatoms. The first kappa shape index (κ1) is 10.7. The van der Waals surface area contributed by atoms with Gasteiger partial charge in [-0.05, 0) is 6.07 Å². The Hall–Kier alpha value is -1.33. The molecule has 4 nitrogen and oxygen atoms in total. The molecule has 0 bridgehead atoms. The van der Waals surface area contributed by atoms with Crippen molar-refractivity contribution in [1.82, 2.24) is 5.48 Å². The third-order valence-electron chi connectivity index (χ3n) is 1.79.